The molecule has 0 bridgehead atoms. The Balaban J connectivity index is 1.65. The molecule has 0 spiro atoms. The zero-order chi connectivity index (χ0) is 18.2. The van der Waals surface area contributed by atoms with E-state index >= 15 is 0 Å². The third-order valence-electron chi connectivity index (χ3n) is 3.97. The van der Waals surface area contributed by atoms with Gasteiger partial charge in [-0.15, -0.1) is 0 Å². The maximum Gasteiger partial charge on any atom is 0.229 e. The Kier molecular flexibility index (Phi) is 6.17. The Morgan fingerprint density at radius 3 is 2.54 bits per heavy atom. The van der Waals surface area contributed by atoms with Gasteiger partial charge in [-0.05, 0) is 56.4 Å². The van der Waals surface area contributed by atoms with E-state index in [9.17, 15) is 0 Å². The Labute approximate surface area is 155 Å². The SMILES string of the molecule is CN(C)CCCNc1ccnc(Nc2cccc(-c3ccccc3)c2)n1. The molecule has 0 unspecified atom stereocenters. The monoisotopic (exact) mass is 347 g/mol. The van der Waals surface area contributed by atoms with E-state index in [0.717, 1.165) is 36.6 Å². The summed E-state index contributed by atoms with van der Waals surface area (Å²) < 4.78 is 0. The van der Waals surface area contributed by atoms with Crippen molar-refractivity contribution < 1.29 is 0 Å². The van der Waals surface area contributed by atoms with Gasteiger partial charge >= 0.3 is 0 Å². The lowest BCUT2D eigenvalue weighted by Crippen LogP contribution is -2.16. The summed E-state index contributed by atoms with van der Waals surface area (Å²) >= 11 is 0. The van der Waals surface area contributed by atoms with Crippen LogP contribution in [0.25, 0.3) is 11.1 Å². The zero-order valence-corrected chi connectivity index (χ0v) is 15.3. The van der Waals surface area contributed by atoms with Crippen LogP contribution in [0.15, 0.2) is 66.9 Å². The standard InChI is InChI=1S/C21H25N5/c1-26(2)15-7-13-22-20-12-14-23-21(25-20)24-19-11-6-10-18(16-19)17-8-4-3-5-9-17/h3-6,8-12,14,16H,7,13,15H2,1-2H3,(H2,22,23,24,25). The summed E-state index contributed by atoms with van der Waals surface area (Å²) in [5, 5.41) is 6.64. The molecule has 0 saturated carbocycles. The quantitative estimate of drug-likeness (QED) is 0.597. The largest absolute Gasteiger partial charge is 0.370 e. The van der Waals surface area contributed by atoms with E-state index < -0.39 is 0 Å². The van der Waals surface area contributed by atoms with Crippen LogP contribution in [-0.4, -0.2) is 42.1 Å². The van der Waals surface area contributed by atoms with Gasteiger partial charge in [-0.2, -0.15) is 4.98 Å². The van der Waals surface area contributed by atoms with Gasteiger partial charge in [0.2, 0.25) is 5.95 Å². The van der Waals surface area contributed by atoms with E-state index in [-0.39, 0.29) is 0 Å². The molecule has 1 heterocycles. The summed E-state index contributed by atoms with van der Waals surface area (Å²) in [4.78, 5) is 11.0. The summed E-state index contributed by atoms with van der Waals surface area (Å²) in [5.74, 6) is 1.42. The van der Waals surface area contributed by atoms with E-state index in [2.05, 4.69) is 63.9 Å². The number of nitrogens with one attached hydrogen (secondary N) is 2. The first-order valence-electron chi connectivity index (χ1n) is 8.85. The molecule has 26 heavy (non-hydrogen) atoms. The van der Waals surface area contributed by atoms with Crippen LogP contribution in [-0.2, 0) is 0 Å². The van der Waals surface area contributed by atoms with Crippen LogP contribution in [0.1, 0.15) is 6.42 Å². The third-order valence-corrected chi connectivity index (χ3v) is 3.97. The molecular formula is C21H25N5. The highest BCUT2D eigenvalue weighted by atomic mass is 15.1. The topological polar surface area (TPSA) is 53.1 Å². The molecule has 0 amide bonds. The van der Waals surface area contributed by atoms with Crippen molar-refractivity contribution in [3.8, 4) is 11.1 Å². The first-order chi connectivity index (χ1) is 12.7. The maximum absolute atomic E-state index is 4.54. The number of hydrogen-bond donors (Lipinski definition) is 2. The predicted octanol–water partition coefficient (Wildman–Crippen LogP) is 4.25. The summed E-state index contributed by atoms with van der Waals surface area (Å²) in [7, 11) is 4.16. The molecule has 2 aromatic carbocycles. The van der Waals surface area contributed by atoms with E-state index in [1.165, 1.54) is 5.56 Å². The van der Waals surface area contributed by atoms with Gasteiger partial charge in [-0.25, -0.2) is 4.98 Å². The maximum atomic E-state index is 4.54. The van der Waals surface area contributed by atoms with Crippen molar-refractivity contribution >= 4 is 17.5 Å². The average Bonchev–Trinajstić information content (AvgIpc) is 2.66. The lowest BCUT2D eigenvalue weighted by Gasteiger charge is -2.11. The fourth-order valence-corrected chi connectivity index (χ4v) is 2.67. The summed E-state index contributed by atoms with van der Waals surface area (Å²) in [5.41, 5.74) is 3.32. The fourth-order valence-electron chi connectivity index (χ4n) is 2.67. The minimum absolute atomic E-state index is 0.591. The van der Waals surface area contributed by atoms with Crippen LogP contribution in [0, 0.1) is 0 Å². The van der Waals surface area contributed by atoms with Crippen molar-refractivity contribution in [3.63, 3.8) is 0 Å². The second-order valence-corrected chi connectivity index (χ2v) is 6.42. The first kappa shape index (κ1) is 17.9. The van der Waals surface area contributed by atoms with E-state index in [1.807, 2.05) is 36.4 Å². The highest BCUT2D eigenvalue weighted by molar-refractivity contribution is 5.69. The Morgan fingerprint density at radius 2 is 1.73 bits per heavy atom. The molecule has 0 atom stereocenters. The molecule has 3 rings (SSSR count). The minimum atomic E-state index is 0.591. The molecule has 134 valence electrons. The molecule has 5 nitrogen and oxygen atoms in total. The number of hydrogen-bond acceptors (Lipinski definition) is 5. The van der Waals surface area contributed by atoms with Crippen LogP contribution in [0.3, 0.4) is 0 Å². The van der Waals surface area contributed by atoms with E-state index in [0.29, 0.717) is 5.95 Å². The molecule has 0 aliphatic heterocycles. The third kappa shape index (κ3) is 5.29. The summed E-state index contributed by atoms with van der Waals surface area (Å²) in [6.07, 6.45) is 2.84. The van der Waals surface area contributed by atoms with Gasteiger partial charge in [-0.1, -0.05) is 42.5 Å². The van der Waals surface area contributed by atoms with Crippen molar-refractivity contribution in [1.29, 1.82) is 0 Å². The highest BCUT2D eigenvalue weighted by Gasteiger charge is 2.02. The average molecular weight is 347 g/mol. The van der Waals surface area contributed by atoms with Crippen molar-refractivity contribution in [2.24, 2.45) is 0 Å². The van der Waals surface area contributed by atoms with Gasteiger partial charge in [0.25, 0.3) is 0 Å². The van der Waals surface area contributed by atoms with Crippen LogP contribution < -0.4 is 10.6 Å². The predicted molar refractivity (Wildman–Crippen MR) is 109 cm³/mol. The minimum Gasteiger partial charge on any atom is -0.370 e. The molecule has 3 aromatic rings. The first-order valence-corrected chi connectivity index (χ1v) is 8.85. The van der Waals surface area contributed by atoms with Crippen molar-refractivity contribution in [2.45, 2.75) is 6.42 Å². The lowest BCUT2D eigenvalue weighted by molar-refractivity contribution is 0.405. The molecular weight excluding hydrogens is 322 g/mol. The molecule has 1 aromatic heterocycles. The van der Waals surface area contributed by atoms with Crippen LogP contribution in [0.2, 0.25) is 0 Å². The summed E-state index contributed by atoms with van der Waals surface area (Å²) in [6, 6.07) is 20.5. The van der Waals surface area contributed by atoms with Crippen molar-refractivity contribution in [1.82, 2.24) is 14.9 Å². The van der Waals surface area contributed by atoms with Crippen LogP contribution in [0.4, 0.5) is 17.5 Å². The normalized spacial score (nSPS) is 10.7. The molecule has 0 aliphatic rings. The molecule has 0 fully saturated rings. The van der Waals surface area contributed by atoms with Crippen molar-refractivity contribution in [3.05, 3.63) is 66.9 Å². The molecule has 0 aliphatic carbocycles. The number of anilines is 3. The Bertz CT molecular complexity index is 817. The van der Waals surface area contributed by atoms with Gasteiger partial charge in [0.05, 0.1) is 0 Å². The Hall–Kier alpha value is -2.92. The zero-order valence-electron chi connectivity index (χ0n) is 15.3. The van der Waals surface area contributed by atoms with Gasteiger partial charge in [0.1, 0.15) is 5.82 Å². The van der Waals surface area contributed by atoms with Gasteiger partial charge < -0.3 is 15.5 Å². The smallest absolute Gasteiger partial charge is 0.229 e. The van der Waals surface area contributed by atoms with Crippen molar-refractivity contribution in [2.75, 3.05) is 37.8 Å². The highest BCUT2D eigenvalue weighted by Crippen LogP contribution is 2.23. The number of aromatic nitrogens is 2. The second kappa shape index (κ2) is 8.97. The van der Waals surface area contributed by atoms with Gasteiger partial charge in [0, 0.05) is 18.4 Å². The Morgan fingerprint density at radius 1 is 0.923 bits per heavy atom. The second-order valence-electron chi connectivity index (χ2n) is 6.42. The molecule has 2 N–H and O–H groups in total. The van der Waals surface area contributed by atoms with E-state index in [4.69, 9.17) is 0 Å². The van der Waals surface area contributed by atoms with E-state index in [1.54, 1.807) is 6.20 Å². The molecule has 0 saturated heterocycles. The van der Waals surface area contributed by atoms with Crippen LogP contribution in [0.5, 0.6) is 0 Å². The summed E-state index contributed by atoms with van der Waals surface area (Å²) in [6.45, 7) is 1.94. The van der Waals surface area contributed by atoms with Crippen LogP contribution >= 0.6 is 0 Å². The number of benzene rings is 2. The number of nitrogens with zero attached hydrogens (tertiary/aromatic N) is 3. The molecule has 5 heteroatoms. The number of rotatable bonds is 8. The van der Waals surface area contributed by atoms with Gasteiger partial charge in [0.15, 0.2) is 0 Å². The van der Waals surface area contributed by atoms with Gasteiger partial charge in [-0.3, -0.25) is 0 Å². The molecule has 0 radical (unpaired) electrons. The lowest BCUT2D eigenvalue weighted by atomic mass is 10.1. The fraction of sp³-hybridized carbons (Fsp3) is 0.238.